The van der Waals surface area contributed by atoms with Gasteiger partial charge in [-0.1, -0.05) is 69.4 Å². The number of nitrogens with zero attached hydrogens (tertiary/aromatic N) is 14. The van der Waals surface area contributed by atoms with Crippen molar-refractivity contribution >= 4 is 85.3 Å². The number of rotatable bonds is 11. The van der Waals surface area contributed by atoms with Crippen molar-refractivity contribution in [3.63, 3.8) is 0 Å². The van der Waals surface area contributed by atoms with Crippen LogP contribution in [0.3, 0.4) is 0 Å². The summed E-state index contributed by atoms with van der Waals surface area (Å²) in [7, 11) is 6.13. The first-order chi connectivity index (χ1) is 42.0. The molecule has 33 heteroatoms. The van der Waals surface area contributed by atoms with Gasteiger partial charge < -0.3 is 22.9 Å². The van der Waals surface area contributed by atoms with Crippen molar-refractivity contribution in [2.75, 3.05) is 0 Å². The summed E-state index contributed by atoms with van der Waals surface area (Å²) in [6.07, 6.45) is 19.6. The largest absolute Gasteiger partial charge is 0.619 e. The molecule has 0 aliphatic carbocycles. The molecule has 0 aliphatic rings. The summed E-state index contributed by atoms with van der Waals surface area (Å²) in [6.45, 7) is 12.9. The zero-order chi connectivity index (χ0) is 66.3. The van der Waals surface area contributed by atoms with Crippen molar-refractivity contribution in [1.82, 2.24) is 64.0 Å². The Bertz CT molecular complexity index is 4240. The van der Waals surface area contributed by atoms with E-state index in [9.17, 15) is 38.5 Å². The Balaban J connectivity index is 0.000000226. The predicted molar refractivity (Wildman–Crippen MR) is 337 cm³/mol. The number of carbonyl (C=O) groups is 2. The van der Waals surface area contributed by atoms with E-state index in [1.807, 2.05) is 34.6 Å². The number of pyridine rings is 6. The van der Waals surface area contributed by atoms with Gasteiger partial charge >= 0.3 is 28.2 Å². The molecule has 0 radical (unpaired) electrons. The Kier molecular flexibility index (Phi) is 28.9. The summed E-state index contributed by atoms with van der Waals surface area (Å²) in [6, 6.07) is 10.1. The summed E-state index contributed by atoms with van der Waals surface area (Å²) in [5.74, 6) is -0.750. The highest BCUT2D eigenvalue weighted by molar-refractivity contribution is 8.24. The van der Waals surface area contributed by atoms with Crippen LogP contribution in [0.4, 0.5) is 0 Å². The zero-order valence-corrected chi connectivity index (χ0v) is 55.1. The van der Waals surface area contributed by atoms with Gasteiger partial charge in [0.1, 0.15) is 10.3 Å². The lowest BCUT2D eigenvalue weighted by Gasteiger charge is -2.04. The van der Waals surface area contributed by atoms with E-state index in [-0.39, 0.29) is 29.2 Å². The monoisotopic (exact) mass is 1360 g/mol. The van der Waals surface area contributed by atoms with Gasteiger partial charge in [0.2, 0.25) is 23.6 Å². The summed E-state index contributed by atoms with van der Waals surface area (Å²) < 4.78 is 34.8. The topological polar surface area (TPSA) is 335 Å². The highest BCUT2D eigenvalue weighted by Gasteiger charge is 2.17. The number of aryl methyl sites for hydroxylation is 8. The molecular formula is C56H59Cl6N14O12P. The van der Waals surface area contributed by atoms with Gasteiger partial charge in [0.05, 0.1) is 10.6 Å². The van der Waals surface area contributed by atoms with Crippen LogP contribution < -0.4 is 27.8 Å². The zero-order valence-electron chi connectivity index (χ0n) is 49.6. The molecule has 10 aromatic heterocycles. The molecule has 0 amide bonds. The van der Waals surface area contributed by atoms with Gasteiger partial charge in [-0.15, -0.1) is 20.4 Å². The number of halogens is 6. The SMILES string of the molecule is CC(=O)c1ccncc1Cl.CCc1c(-c2nn(C)c(=O)o2)ccnc1Cl.CCc1c[n+]([O-])ccc1-c1nn(C)c(=O)o1.CCc1cnc(Cl)cc1-c1nn(C)c(=O)o1.CCc1cnccc1-c1nn(C)c(=O)o1.CCc1cnccc1C(C)=O.O=P(Cl)(Cl)Cl. The lowest BCUT2D eigenvalue weighted by Crippen LogP contribution is -2.25. The fourth-order valence-corrected chi connectivity index (χ4v) is 8.11. The first kappa shape index (κ1) is 73.2. The maximum Gasteiger partial charge on any atom is 0.437 e. The summed E-state index contributed by atoms with van der Waals surface area (Å²) >= 11 is 31.3. The normalized spacial score (nSPS) is 10.4. The highest BCUT2D eigenvalue weighted by atomic mass is 36.0. The molecule has 0 saturated heterocycles. The molecule has 0 saturated carbocycles. The minimum absolute atomic E-state index is 0.0348. The van der Waals surface area contributed by atoms with E-state index >= 15 is 0 Å². The molecule has 0 aromatic carbocycles. The number of aromatic nitrogens is 14. The molecule has 10 aromatic rings. The van der Waals surface area contributed by atoms with Gasteiger partial charge in [-0.05, 0) is 127 Å². The first-order valence-electron chi connectivity index (χ1n) is 26.4. The highest BCUT2D eigenvalue weighted by Crippen LogP contribution is 2.61. The first-order valence-corrected chi connectivity index (χ1v) is 31.9. The van der Waals surface area contributed by atoms with E-state index in [0.29, 0.717) is 61.0 Å². The molecule has 10 heterocycles. The van der Waals surface area contributed by atoms with Crippen molar-refractivity contribution < 1.29 is 36.6 Å². The fourth-order valence-electron chi connectivity index (χ4n) is 7.41. The standard InChI is InChI=1S/2C10H10ClN3O2.C10H11N3O3.C10H11N3O2.C9H11NO.C7H6ClNO.Cl3OP/c1-3-6-5-12-8(11)4-7(6)9-13-14(2)10(15)16-9;1-3-6-7(4-5-12-8(6)11)9-13-14(2)10(15)16-9;1-3-7-6-13(15)5-4-8(7)9-11-12(2)10(14)16-9;1-3-7-6-11-5-4-8(7)9-12-13(2)10(14)15-9;1-3-8-6-10-5-4-9(8)7(2)11;1-5(10)6-2-3-9-4-7(6)8;1-5(2,3)4/h2*4-5H,3H2,1-2H3;4-6H,3H2,1-2H3;4-6H,3H2,1-2H3;4-6H,3H2,1-2H3;2-4H,1H3;. The Morgan fingerprint density at radius 1 is 0.517 bits per heavy atom. The van der Waals surface area contributed by atoms with Crippen LogP contribution in [-0.2, 0) is 64.9 Å². The van der Waals surface area contributed by atoms with E-state index in [0.717, 1.165) is 72.3 Å². The molecule has 0 spiro atoms. The second-order valence-electron chi connectivity index (χ2n) is 17.9. The van der Waals surface area contributed by atoms with Gasteiger partial charge in [-0.3, -0.25) is 29.1 Å². The van der Waals surface area contributed by atoms with Gasteiger partial charge in [0.25, 0.3) is 0 Å². The van der Waals surface area contributed by atoms with Gasteiger partial charge in [0, 0.05) is 123 Å². The van der Waals surface area contributed by atoms with Crippen LogP contribution in [0.15, 0.2) is 135 Å². The third kappa shape index (κ3) is 22.4. The van der Waals surface area contributed by atoms with Gasteiger partial charge in [-0.2, -0.15) is 23.5 Å². The lowest BCUT2D eigenvalue weighted by molar-refractivity contribution is -0.605. The molecule has 472 valence electrons. The minimum Gasteiger partial charge on any atom is -0.619 e. The van der Waals surface area contributed by atoms with Gasteiger partial charge in [-0.25, -0.2) is 29.1 Å². The summed E-state index contributed by atoms with van der Waals surface area (Å²) in [5.41, 5.74) is 8.83. The predicted octanol–water partition coefficient (Wildman–Crippen LogP) is 11.1. The molecule has 0 fully saturated rings. The van der Waals surface area contributed by atoms with Crippen LogP contribution in [-0.4, -0.2) is 75.6 Å². The summed E-state index contributed by atoms with van der Waals surface area (Å²) in [5, 5.41) is 25.0. The van der Waals surface area contributed by atoms with Crippen LogP contribution in [0.2, 0.25) is 15.3 Å². The smallest absolute Gasteiger partial charge is 0.437 e. The molecular weight excluding hydrogens is 1300 g/mol. The second-order valence-corrected chi connectivity index (χ2v) is 25.7. The Hall–Kier alpha value is -8.23. The van der Waals surface area contributed by atoms with E-state index in [4.69, 9.17) is 52.5 Å². The van der Waals surface area contributed by atoms with E-state index in [1.54, 1.807) is 93.7 Å². The van der Waals surface area contributed by atoms with Crippen LogP contribution in [0.5, 0.6) is 0 Å². The summed E-state index contributed by atoms with van der Waals surface area (Å²) in [4.78, 5) is 86.1. The van der Waals surface area contributed by atoms with Crippen LogP contribution in [0, 0.1) is 5.21 Å². The van der Waals surface area contributed by atoms with Crippen LogP contribution in [0.1, 0.15) is 97.0 Å². The number of carbonyl (C=O) groups excluding carboxylic acids is 2. The second kappa shape index (κ2) is 35.1. The molecule has 0 atom stereocenters. The van der Waals surface area contributed by atoms with Crippen LogP contribution >= 0.6 is 73.7 Å². The minimum atomic E-state index is -3.22. The van der Waals surface area contributed by atoms with Crippen molar-refractivity contribution in [2.24, 2.45) is 28.2 Å². The number of hydrogen-bond donors (Lipinski definition) is 0. The molecule has 10 rings (SSSR count). The third-order valence-corrected chi connectivity index (χ3v) is 12.7. The van der Waals surface area contributed by atoms with E-state index in [1.165, 1.54) is 51.3 Å². The maximum atomic E-state index is 11.2. The molecule has 89 heavy (non-hydrogen) atoms. The molecule has 0 bridgehead atoms. The average molecular weight is 1360 g/mol. The number of ketones is 2. The van der Waals surface area contributed by atoms with Crippen molar-refractivity contribution in [3.8, 4) is 45.8 Å². The maximum absolute atomic E-state index is 11.2. The molecule has 0 unspecified atom stereocenters. The molecule has 26 nitrogen and oxygen atoms in total. The Labute approximate surface area is 537 Å². The average Bonchev–Trinajstić information content (AvgIpc) is 2.17. The van der Waals surface area contributed by atoms with Crippen molar-refractivity contribution in [1.29, 1.82) is 0 Å². The van der Waals surface area contributed by atoms with Crippen molar-refractivity contribution in [2.45, 2.75) is 80.6 Å². The third-order valence-electron chi connectivity index (χ3n) is 11.9. The number of hydrogen-bond acceptors (Lipinski definition) is 21. The van der Waals surface area contributed by atoms with Crippen LogP contribution in [0.25, 0.3) is 45.8 Å². The number of Topliss-reactive ketones (excluding diaryl/α,β-unsaturated/α-hetero) is 2. The Morgan fingerprint density at radius 2 is 0.910 bits per heavy atom. The fraction of sp³-hybridized carbons (Fsp3) is 0.286. The van der Waals surface area contributed by atoms with Crippen molar-refractivity contribution in [3.05, 3.63) is 200 Å². The molecule has 0 aliphatic heterocycles. The Morgan fingerprint density at radius 3 is 1.31 bits per heavy atom. The van der Waals surface area contributed by atoms with E-state index in [2.05, 4.69) is 79.0 Å². The van der Waals surface area contributed by atoms with E-state index < -0.39 is 28.2 Å². The molecule has 0 N–H and O–H groups in total. The van der Waals surface area contributed by atoms with Gasteiger partial charge in [0.15, 0.2) is 24.0 Å². The lowest BCUT2D eigenvalue weighted by atomic mass is 10.1. The quantitative estimate of drug-likeness (QED) is 0.0382.